The van der Waals surface area contributed by atoms with Crippen LogP contribution in [0, 0.1) is 5.92 Å². The second kappa shape index (κ2) is 5.19. The fourth-order valence-electron chi connectivity index (χ4n) is 3.94. The maximum atomic E-state index is 13.0. The number of hydrogen-bond donors (Lipinski definition) is 0. The summed E-state index contributed by atoms with van der Waals surface area (Å²) in [6, 6.07) is 3.58. The summed E-state index contributed by atoms with van der Waals surface area (Å²) < 4.78 is 0. The molecular formula is C16H19N3O2S. The molecule has 0 aromatic carbocycles. The molecule has 1 aromatic rings. The summed E-state index contributed by atoms with van der Waals surface area (Å²) in [5, 5.41) is 8.15. The number of likely N-dealkylation sites (N-methyl/N-ethyl adjacent to an activating group) is 1. The van der Waals surface area contributed by atoms with Gasteiger partial charge in [0.25, 0.3) is 5.91 Å². The molecule has 0 bridgehead atoms. The van der Waals surface area contributed by atoms with E-state index in [1.54, 1.807) is 28.3 Å². The highest BCUT2D eigenvalue weighted by Gasteiger charge is 2.57. The zero-order valence-electron chi connectivity index (χ0n) is 12.6. The second-order valence-electron chi connectivity index (χ2n) is 6.30. The summed E-state index contributed by atoms with van der Waals surface area (Å²) in [4.78, 5) is 28.3. The first-order valence-electron chi connectivity index (χ1n) is 7.90. The van der Waals surface area contributed by atoms with Crippen LogP contribution in [0.3, 0.4) is 0 Å². The smallest absolute Gasteiger partial charge is 0.255 e. The van der Waals surface area contributed by atoms with E-state index >= 15 is 0 Å². The Labute approximate surface area is 133 Å². The number of amides is 2. The normalized spacial score (nSPS) is 29.2. The molecular weight excluding hydrogens is 298 g/mol. The number of likely N-dealkylation sites (tertiary alicyclic amines) is 1. The Morgan fingerprint density at radius 2 is 1.95 bits per heavy atom. The van der Waals surface area contributed by atoms with Gasteiger partial charge >= 0.3 is 0 Å². The van der Waals surface area contributed by atoms with Crippen LogP contribution in [0.15, 0.2) is 22.6 Å². The number of nitrogens with zero attached hydrogens (tertiary/aromatic N) is 3. The topological polar surface area (TPSA) is 53.0 Å². The average molecular weight is 317 g/mol. The first-order valence-corrected chi connectivity index (χ1v) is 8.78. The molecule has 1 aromatic heterocycles. The monoisotopic (exact) mass is 317 g/mol. The largest absolute Gasteiger partial charge is 0.286 e. The molecule has 116 valence electrons. The van der Waals surface area contributed by atoms with Crippen molar-refractivity contribution in [1.29, 1.82) is 0 Å². The van der Waals surface area contributed by atoms with E-state index in [0.29, 0.717) is 0 Å². The van der Waals surface area contributed by atoms with E-state index in [1.807, 2.05) is 17.5 Å². The number of rotatable bonds is 2. The van der Waals surface area contributed by atoms with Gasteiger partial charge in [-0.15, -0.1) is 11.3 Å². The average Bonchev–Trinajstić information content (AvgIpc) is 3.20. The third kappa shape index (κ3) is 1.93. The van der Waals surface area contributed by atoms with Gasteiger partial charge in [-0.05, 0) is 24.3 Å². The maximum Gasteiger partial charge on any atom is 0.255 e. The lowest BCUT2D eigenvalue weighted by Crippen LogP contribution is -2.44. The Morgan fingerprint density at radius 3 is 2.64 bits per heavy atom. The number of hydrazone groups is 1. The molecule has 0 N–H and O–H groups in total. The third-order valence-electron chi connectivity index (χ3n) is 4.99. The molecule has 0 unspecified atom stereocenters. The van der Waals surface area contributed by atoms with Gasteiger partial charge in [0.1, 0.15) is 12.0 Å². The van der Waals surface area contributed by atoms with Crippen molar-refractivity contribution in [2.45, 2.75) is 44.2 Å². The predicted molar refractivity (Wildman–Crippen MR) is 84.6 cm³/mol. The van der Waals surface area contributed by atoms with Crippen LogP contribution in [-0.2, 0) is 9.59 Å². The maximum absolute atomic E-state index is 13.0. The summed E-state index contributed by atoms with van der Waals surface area (Å²) in [6.45, 7) is 0. The van der Waals surface area contributed by atoms with Crippen LogP contribution >= 0.6 is 11.3 Å². The van der Waals surface area contributed by atoms with Crippen LogP contribution in [0.25, 0.3) is 0 Å². The predicted octanol–water partition coefficient (Wildman–Crippen LogP) is 2.08. The van der Waals surface area contributed by atoms with Crippen molar-refractivity contribution in [1.82, 2.24) is 9.91 Å². The molecule has 3 heterocycles. The molecule has 3 aliphatic rings. The van der Waals surface area contributed by atoms with Crippen molar-refractivity contribution < 1.29 is 9.59 Å². The Hall–Kier alpha value is -1.69. The Balaban J connectivity index is 1.67. The van der Waals surface area contributed by atoms with E-state index < -0.39 is 12.0 Å². The van der Waals surface area contributed by atoms with Gasteiger partial charge in [0.05, 0.1) is 10.6 Å². The van der Waals surface area contributed by atoms with E-state index in [4.69, 9.17) is 0 Å². The molecule has 0 radical (unpaired) electrons. The minimum absolute atomic E-state index is 0.0431. The van der Waals surface area contributed by atoms with Crippen LogP contribution in [0.4, 0.5) is 0 Å². The van der Waals surface area contributed by atoms with Gasteiger partial charge in [-0.1, -0.05) is 25.3 Å². The summed E-state index contributed by atoms with van der Waals surface area (Å²) in [6.07, 6.45) is 5.33. The highest BCUT2D eigenvalue weighted by Crippen LogP contribution is 2.37. The summed E-state index contributed by atoms with van der Waals surface area (Å²) in [5.74, 6) is -0.517. The molecule has 2 amide bonds. The van der Waals surface area contributed by atoms with Crippen molar-refractivity contribution in [2.75, 3.05) is 7.05 Å². The van der Waals surface area contributed by atoms with Gasteiger partial charge < -0.3 is 0 Å². The van der Waals surface area contributed by atoms with Gasteiger partial charge in [0.15, 0.2) is 0 Å². The van der Waals surface area contributed by atoms with E-state index in [-0.39, 0.29) is 17.9 Å². The van der Waals surface area contributed by atoms with Gasteiger partial charge in [0, 0.05) is 13.1 Å². The molecule has 2 fully saturated rings. The van der Waals surface area contributed by atoms with Crippen LogP contribution in [0.1, 0.15) is 37.0 Å². The molecule has 4 rings (SSSR count). The van der Waals surface area contributed by atoms with Crippen LogP contribution in [0.5, 0.6) is 0 Å². The quantitative estimate of drug-likeness (QED) is 0.785. The summed E-state index contributed by atoms with van der Waals surface area (Å²) >= 11 is 1.57. The van der Waals surface area contributed by atoms with Crippen molar-refractivity contribution in [3.05, 3.63) is 22.4 Å². The highest BCUT2D eigenvalue weighted by atomic mass is 32.1. The summed E-state index contributed by atoms with van der Waals surface area (Å²) in [5.41, 5.74) is 0.763. The third-order valence-corrected chi connectivity index (χ3v) is 5.88. The molecule has 0 spiro atoms. The SMILES string of the molecule is CN1N=C(c2cccs2)[C@@H]2C(=O)N(C3CCCCC3)C(=O)[C@@H]21. The molecule has 1 saturated heterocycles. The van der Waals surface area contributed by atoms with Crippen LogP contribution < -0.4 is 0 Å². The zero-order valence-corrected chi connectivity index (χ0v) is 13.4. The lowest BCUT2D eigenvalue weighted by atomic mass is 9.94. The van der Waals surface area contributed by atoms with Gasteiger partial charge in [-0.2, -0.15) is 5.10 Å². The molecule has 5 nitrogen and oxygen atoms in total. The number of fused-ring (bicyclic) bond motifs is 1. The molecule has 2 aliphatic heterocycles. The molecule has 6 heteroatoms. The fourth-order valence-corrected chi connectivity index (χ4v) is 4.69. The van der Waals surface area contributed by atoms with Gasteiger partial charge in [-0.3, -0.25) is 19.5 Å². The Bertz CT molecular complexity index is 634. The number of carbonyl (C=O) groups excluding carboxylic acids is 2. The van der Waals surface area contributed by atoms with Crippen molar-refractivity contribution in [3.8, 4) is 0 Å². The minimum Gasteiger partial charge on any atom is -0.286 e. The Morgan fingerprint density at radius 1 is 1.18 bits per heavy atom. The van der Waals surface area contributed by atoms with Gasteiger partial charge in [-0.25, -0.2) is 0 Å². The van der Waals surface area contributed by atoms with Crippen LogP contribution in [0.2, 0.25) is 0 Å². The zero-order chi connectivity index (χ0) is 15.3. The number of thiophene rings is 1. The number of imide groups is 1. The van der Waals surface area contributed by atoms with Gasteiger partial charge in [0.2, 0.25) is 5.91 Å². The lowest BCUT2D eigenvalue weighted by Gasteiger charge is -2.30. The number of carbonyl (C=O) groups is 2. The molecule has 1 aliphatic carbocycles. The van der Waals surface area contributed by atoms with E-state index in [0.717, 1.165) is 36.3 Å². The summed E-state index contributed by atoms with van der Waals surface area (Å²) in [7, 11) is 1.80. The second-order valence-corrected chi connectivity index (χ2v) is 7.24. The lowest BCUT2D eigenvalue weighted by molar-refractivity contribution is -0.143. The molecule has 1 saturated carbocycles. The Kier molecular flexibility index (Phi) is 3.29. The van der Waals surface area contributed by atoms with E-state index in [1.165, 1.54) is 6.42 Å². The van der Waals surface area contributed by atoms with Crippen molar-refractivity contribution in [3.63, 3.8) is 0 Å². The first-order chi connectivity index (χ1) is 10.7. The first kappa shape index (κ1) is 13.9. The standard InChI is InChI=1S/C16H19N3O2S/c1-18-14-12(13(17-18)11-8-5-9-22-11)15(20)19(16(14)21)10-6-3-2-4-7-10/h5,8-10,12,14H,2-4,6-7H2,1H3/t12-,14+/m0/s1. The molecule has 2 atom stereocenters. The highest BCUT2D eigenvalue weighted by molar-refractivity contribution is 7.12. The van der Waals surface area contributed by atoms with Crippen molar-refractivity contribution in [2.24, 2.45) is 11.0 Å². The van der Waals surface area contributed by atoms with E-state index in [9.17, 15) is 9.59 Å². The number of hydrogen-bond acceptors (Lipinski definition) is 5. The minimum atomic E-state index is -0.438. The van der Waals surface area contributed by atoms with Crippen molar-refractivity contribution >= 4 is 28.9 Å². The molecule has 22 heavy (non-hydrogen) atoms. The van der Waals surface area contributed by atoms with E-state index in [2.05, 4.69) is 5.10 Å². The fraction of sp³-hybridized carbons (Fsp3) is 0.562. The van der Waals surface area contributed by atoms with Crippen LogP contribution in [-0.4, -0.2) is 46.6 Å².